The monoisotopic (exact) mass is 378 g/mol. The fourth-order valence-corrected chi connectivity index (χ4v) is 4.20. The highest BCUT2D eigenvalue weighted by Gasteiger charge is 2.51. The van der Waals surface area contributed by atoms with Crippen molar-refractivity contribution in [3.05, 3.63) is 60.4 Å². The topological polar surface area (TPSA) is 73.8 Å². The Kier molecular flexibility index (Phi) is 4.58. The van der Waals surface area contributed by atoms with Gasteiger partial charge in [0.15, 0.2) is 0 Å². The van der Waals surface area contributed by atoms with Crippen LogP contribution >= 0.6 is 0 Å². The highest BCUT2D eigenvalue weighted by atomic mass is 16.2. The van der Waals surface area contributed by atoms with Crippen LogP contribution in [0.25, 0.3) is 0 Å². The molecular weight excluding hydrogens is 356 g/mol. The van der Waals surface area contributed by atoms with E-state index < -0.39 is 5.54 Å². The highest BCUT2D eigenvalue weighted by Crippen LogP contribution is 2.35. The van der Waals surface area contributed by atoms with Crippen LogP contribution in [0.2, 0.25) is 0 Å². The Morgan fingerprint density at radius 1 is 1.04 bits per heavy atom. The van der Waals surface area contributed by atoms with Gasteiger partial charge >= 0.3 is 0 Å². The Bertz CT molecular complexity index is 902. The maximum absolute atomic E-state index is 12.9. The second-order valence-corrected chi connectivity index (χ2v) is 7.36. The van der Waals surface area contributed by atoms with Gasteiger partial charge in [0.05, 0.1) is 12.1 Å². The van der Waals surface area contributed by atoms with Crippen LogP contribution in [0.15, 0.2) is 54.9 Å². The third kappa shape index (κ3) is 3.13. The van der Waals surface area contributed by atoms with E-state index in [1.807, 2.05) is 30.3 Å². The molecule has 4 rings (SSSR count). The quantitative estimate of drug-likeness (QED) is 0.795. The minimum atomic E-state index is -0.571. The van der Waals surface area contributed by atoms with E-state index in [-0.39, 0.29) is 24.3 Å². The minimum absolute atomic E-state index is 0.0293. The average molecular weight is 378 g/mol. The van der Waals surface area contributed by atoms with Crippen molar-refractivity contribution in [1.82, 2.24) is 14.8 Å². The van der Waals surface area contributed by atoms with Gasteiger partial charge in [-0.05, 0) is 30.7 Å². The molecule has 2 aromatic rings. The number of amides is 3. The van der Waals surface area contributed by atoms with Gasteiger partial charge < -0.3 is 14.7 Å². The largest absolute Gasteiger partial charge is 0.336 e. The summed E-state index contributed by atoms with van der Waals surface area (Å²) >= 11 is 0. The molecule has 2 aliphatic heterocycles. The van der Waals surface area contributed by atoms with Gasteiger partial charge in [-0.15, -0.1) is 0 Å². The molecule has 28 heavy (non-hydrogen) atoms. The SMILES string of the molecule is CC(=O)N1CC(=O)N(c2ccccc2)C[C@]12CCN(C(=O)c1ccncc1)C2. The molecule has 0 bridgehead atoms. The molecule has 3 amide bonds. The smallest absolute Gasteiger partial charge is 0.254 e. The number of aromatic nitrogens is 1. The van der Waals surface area contributed by atoms with E-state index in [9.17, 15) is 14.4 Å². The van der Waals surface area contributed by atoms with Crippen molar-refractivity contribution in [2.75, 3.05) is 31.1 Å². The summed E-state index contributed by atoms with van der Waals surface area (Å²) in [6, 6.07) is 12.8. The Labute approximate surface area is 163 Å². The third-order valence-corrected chi connectivity index (χ3v) is 5.61. The number of pyridine rings is 1. The summed E-state index contributed by atoms with van der Waals surface area (Å²) in [5, 5.41) is 0. The number of piperazine rings is 1. The molecule has 0 radical (unpaired) electrons. The lowest BCUT2D eigenvalue weighted by Crippen LogP contribution is -2.67. The first-order chi connectivity index (χ1) is 13.5. The van der Waals surface area contributed by atoms with Gasteiger partial charge in [-0.25, -0.2) is 0 Å². The lowest BCUT2D eigenvalue weighted by Gasteiger charge is -2.48. The van der Waals surface area contributed by atoms with Crippen LogP contribution in [0.3, 0.4) is 0 Å². The van der Waals surface area contributed by atoms with Gasteiger partial charge in [0.25, 0.3) is 5.91 Å². The highest BCUT2D eigenvalue weighted by molar-refractivity contribution is 5.99. The Morgan fingerprint density at radius 2 is 1.75 bits per heavy atom. The van der Waals surface area contributed by atoms with Crippen LogP contribution in [-0.2, 0) is 9.59 Å². The fraction of sp³-hybridized carbons (Fsp3) is 0.333. The van der Waals surface area contributed by atoms with E-state index in [1.54, 1.807) is 39.2 Å². The number of carbonyl (C=O) groups is 3. The molecule has 7 nitrogen and oxygen atoms in total. The molecule has 144 valence electrons. The van der Waals surface area contributed by atoms with Crippen molar-refractivity contribution in [2.45, 2.75) is 18.9 Å². The molecule has 1 aromatic carbocycles. The molecule has 3 heterocycles. The minimum Gasteiger partial charge on any atom is -0.336 e. The summed E-state index contributed by atoms with van der Waals surface area (Å²) in [5.74, 6) is -0.323. The number of rotatable bonds is 2. The maximum atomic E-state index is 12.9. The summed E-state index contributed by atoms with van der Waals surface area (Å²) in [5.41, 5.74) is 0.820. The summed E-state index contributed by atoms with van der Waals surface area (Å²) in [7, 11) is 0. The Balaban J connectivity index is 1.62. The van der Waals surface area contributed by atoms with E-state index in [0.717, 1.165) is 5.69 Å². The lowest BCUT2D eigenvalue weighted by molar-refractivity contribution is -0.142. The van der Waals surface area contributed by atoms with Crippen molar-refractivity contribution < 1.29 is 14.4 Å². The summed E-state index contributed by atoms with van der Waals surface area (Å²) < 4.78 is 0. The summed E-state index contributed by atoms with van der Waals surface area (Å²) in [4.78, 5) is 47.1. The number of nitrogens with zero attached hydrogens (tertiary/aromatic N) is 4. The van der Waals surface area contributed by atoms with Gasteiger partial charge in [0, 0.05) is 43.7 Å². The first-order valence-electron chi connectivity index (χ1n) is 9.33. The first kappa shape index (κ1) is 18.2. The van der Waals surface area contributed by atoms with Crippen molar-refractivity contribution >= 4 is 23.4 Å². The molecule has 1 spiro atoms. The number of hydrogen-bond donors (Lipinski definition) is 0. The van der Waals surface area contributed by atoms with Crippen LogP contribution in [0.4, 0.5) is 5.69 Å². The van der Waals surface area contributed by atoms with Crippen molar-refractivity contribution in [3.8, 4) is 0 Å². The molecule has 2 fully saturated rings. The van der Waals surface area contributed by atoms with Crippen LogP contribution in [-0.4, -0.2) is 64.2 Å². The number of para-hydroxylation sites is 1. The number of anilines is 1. The van der Waals surface area contributed by atoms with E-state index in [0.29, 0.717) is 31.6 Å². The van der Waals surface area contributed by atoms with Crippen LogP contribution in [0.5, 0.6) is 0 Å². The third-order valence-electron chi connectivity index (χ3n) is 5.61. The van der Waals surface area contributed by atoms with Crippen molar-refractivity contribution in [1.29, 1.82) is 0 Å². The number of likely N-dealkylation sites (tertiary alicyclic amines) is 1. The molecule has 0 aliphatic carbocycles. The van der Waals surface area contributed by atoms with Crippen LogP contribution in [0.1, 0.15) is 23.7 Å². The zero-order chi connectivity index (χ0) is 19.7. The molecular formula is C21H22N4O3. The van der Waals surface area contributed by atoms with Gasteiger partial charge in [-0.3, -0.25) is 19.4 Å². The average Bonchev–Trinajstić information content (AvgIpc) is 3.14. The van der Waals surface area contributed by atoms with Crippen molar-refractivity contribution in [2.24, 2.45) is 0 Å². The van der Waals surface area contributed by atoms with Crippen LogP contribution in [0, 0.1) is 0 Å². The van der Waals surface area contributed by atoms with E-state index in [2.05, 4.69) is 4.98 Å². The van der Waals surface area contributed by atoms with E-state index in [4.69, 9.17) is 0 Å². The lowest BCUT2D eigenvalue weighted by atomic mass is 9.91. The predicted octanol–water partition coefficient (Wildman–Crippen LogP) is 1.56. The van der Waals surface area contributed by atoms with Gasteiger partial charge in [-0.2, -0.15) is 0 Å². The van der Waals surface area contributed by atoms with Crippen LogP contribution < -0.4 is 4.90 Å². The summed E-state index contributed by atoms with van der Waals surface area (Å²) in [6.45, 7) is 2.85. The van der Waals surface area contributed by atoms with Gasteiger partial charge in [0.1, 0.15) is 6.54 Å². The maximum Gasteiger partial charge on any atom is 0.254 e. The normalized spacial score (nSPS) is 22.0. The predicted molar refractivity (Wildman–Crippen MR) is 104 cm³/mol. The number of carbonyl (C=O) groups excluding carboxylic acids is 3. The number of benzene rings is 1. The molecule has 7 heteroatoms. The Morgan fingerprint density at radius 3 is 2.43 bits per heavy atom. The van der Waals surface area contributed by atoms with Crippen molar-refractivity contribution in [3.63, 3.8) is 0 Å². The molecule has 1 aromatic heterocycles. The summed E-state index contributed by atoms with van der Waals surface area (Å²) in [6.07, 6.45) is 3.83. The molecule has 0 saturated carbocycles. The van der Waals surface area contributed by atoms with E-state index in [1.165, 1.54) is 6.92 Å². The first-order valence-corrected chi connectivity index (χ1v) is 9.33. The van der Waals surface area contributed by atoms with E-state index >= 15 is 0 Å². The standard InChI is InChI=1S/C21H22N4O3/c1-16(26)25-13-19(27)24(18-5-3-2-4-6-18)15-21(25)9-12-23(14-21)20(28)17-7-10-22-11-8-17/h2-8,10-11H,9,12-15H2,1H3/t21-/m1/s1. The molecule has 2 saturated heterocycles. The van der Waals surface area contributed by atoms with Gasteiger partial charge in [-0.1, -0.05) is 18.2 Å². The molecule has 0 N–H and O–H groups in total. The Hall–Kier alpha value is -3.22. The second kappa shape index (κ2) is 7.07. The number of hydrogen-bond acceptors (Lipinski definition) is 4. The zero-order valence-electron chi connectivity index (χ0n) is 15.7. The second-order valence-electron chi connectivity index (χ2n) is 7.36. The fourth-order valence-electron chi connectivity index (χ4n) is 4.20. The molecule has 1 atom stereocenters. The molecule has 0 unspecified atom stereocenters. The molecule has 2 aliphatic rings. The van der Waals surface area contributed by atoms with Gasteiger partial charge in [0.2, 0.25) is 11.8 Å². The zero-order valence-corrected chi connectivity index (χ0v) is 15.7.